The van der Waals surface area contributed by atoms with Gasteiger partial charge in [0.2, 0.25) is 0 Å². The van der Waals surface area contributed by atoms with Crippen LogP contribution in [0.5, 0.6) is 5.75 Å². The van der Waals surface area contributed by atoms with E-state index in [1.54, 1.807) is 42.5 Å². The van der Waals surface area contributed by atoms with Crippen molar-refractivity contribution in [1.29, 1.82) is 0 Å². The van der Waals surface area contributed by atoms with E-state index in [1.807, 2.05) is 0 Å². The highest BCUT2D eigenvalue weighted by Gasteiger charge is 2.20. The average molecular weight is 351 g/mol. The molecule has 0 aliphatic heterocycles. The zero-order valence-electron chi connectivity index (χ0n) is 10.4. The standard InChI is InChI=1S/C13H11Cl3NO2P/c1-20(18,17-11-7-3-2-5-9(11)14)19-12-8-4-6-10(15)13(12)16/h2-8H,1H3,(H,17,18)/t20-/m1/s1. The third-order valence-corrected chi connectivity index (χ3v) is 4.71. The molecule has 2 rings (SSSR count). The van der Waals surface area contributed by atoms with E-state index in [9.17, 15) is 4.57 Å². The van der Waals surface area contributed by atoms with Crippen molar-refractivity contribution >= 4 is 48.0 Å². The summed E-state index contributed by atoms with van der Waals surface area (Å²) >= 11 is 17.9. The van der Waals surface area contributed by atoms with Crippen LogP contribution in [0.1, 0.15) is 0 Å². The molecule has 0 amide bonds. The van der Waals surface area contributed by atoms with Crippen LogP contribution in [-0.4, -0.2) is 6.66 Å². The zero-order valence-corrected chi connectivity index (χ0v) is 13.6. The Morgan fingerprint density at radius 1 is 1.00 bits per heavy atom. The maximum Gasteiger partial charge on any atom is 0.338 e. The molecule has 0 aliphatic rings. The van der Waals surface area contributed by atoms with Gasteiger partial charge in [-0.25, -0.2) is 0 Å². The average Bonchev–Trinajstić information content (AvgIpc) is 2.37. The molecule has 0 spiro atoms. The summed E-state index contributed by atoms with van der Waals surface area (Å²) in [6, 6.07) is 11.8. The van der Waals surface area contributed by atoms with Crippen LogP contribution in [0.3, 0.4) is 0 Å². The summed E-state index contributed by atoms with van der Waals surface area (Å²) in [7, 11) is -3.19. The van der Waals surface area contributed by atoms with Crippen molar-refractivity contribution in [3.05, 3.63) is 57.5 Å². The van der Waals surface area contributed by atoms with E-state index in [4.69, 9.17) is 39.3 Å². The number of rotatable bonds is 4. The number of hydrogen-bond donors (Lipinski definition) is 1. The SMILES string of the molecule is C[P@](=O)(Nc1ccccc1Cl)Oc1cccc(Cl)c1Cl. The van der Waals surface area contributed by atoms with Crippen LogP contribution in [-0.2, 0) is 4.57 Å². The van der Waals surface area contributed by atoms with Crippen LogP contribution in [0.2, 0.25) is 15.1 Å². The van der Waals surface area contributed by atoms with E-state index in [1.165, 1.54) is 6.66 Å². The molecule has 0 saturated heterocycles. The fourth-order valence-electron chi connectivity index (χ4n) is 1.54. The number of nitrogens with one attached hydrogen (secondary N) is 1. The maximum atomic E-state index is 12.5. The lowest BCUT2D eigenvalue weighted by Gasteiger charge is -2.19. The van der Waals surface area contributed by atoms with Crippen molar-refractivity contribution in [2.24, 2.45) is 0 Å². The minimum atomic E-state index is -3.19. The Balaban J connectivity index is 2.22. The molecule has 106 valence electrons. The Bertz CT molecular complexity index is 678. The van der Waals surface area contributed by atoms with Gasteiger partial charge in [-0.2, -0.15) is 0 Å². The van der Waals surface area contributed by atoms with Gasteiger partial charge in [0, 0.05) is 6.66 Å². The summed E-state index contributed by atoms with van der Waals surface area (Å²) in [4.78, 5) is 0. The van der Waals surface area contributed by atoms with Gasteiger partial charge in [0.05, 0.1) is 15.7 Å². The van der Waals surface area contributed by atoms with Crippen LogP contribution in [0, 0.1) is 0 Å². The van der Waals surface area contributed by atoms with Gasteiger partial charge in [-0.15, -0.1) is 0 Å². The van der Waals surface area contributed by atoms with E-state index < -0.39 is 7.52 Å². The molecule has 3 nitrogen and oxygen atoms in total. The fraction of sp³-hybridized carbons (Fsp3) is 0.0769. The molecule has 1 N–H and O–H groups in total. The Morgan fingerprint density at radius 3 is 2.35 bits per heavy atom. The van der Waals surface area contributed by atoms with Gasteiger partial charge in [0.25, 0.3) is 0 Å². The predicted molar refractivity (Wildman–Crippen MR) is 85.7 cm³/mol. The zero-order chi connectivity index (χ0) is 14.8. The summed E-state index contributed by atoms with van der Waals surface area (Å²) in [5.74, 6) is 0.254. The van der Waals surface area contributed by atoms with Gasteiger partial charge < -0.3 is 9.61 Å². The molecular weight excluding hydrogens is 339 g/mol. The first-order valence-electron chi connectivity index (χ1n) is 5.63. The number of para-hydroxylation sites is 1. The molecule has 0 unspecified atom stereocenters. The lowest BCUT2D eigenvalue weighted by molar-refractivity contribution is 0.493. The number of halogens is 3. The topological polar surface area (TPSA) is 38.3 Å². The first-order valence-corrected chi connectivity index (χ1v) is 8.83. The Kier molecular flexibility index (Phi) is 4.87. The highest BCUT2D eigenvalue weighted by molar-refractivity contribution is 7.60. The molecule has 0 saturated carbocycles. The van der Waals surface area contributed by atoms with Crippen LogP contribution in [0.25, 0.3) is 0 Å². The van der Waals surface area contributed by atoms with E-state index in [0.717, 1.165) is 0 Å². The van der Waals surface area contributed by atoms with E-state index >= 15 is 0 Å². The van der Waals surface area contributed by atoms with Gasteiger partial charge in [-0.1, -0.05) is 53.0 Å². The third kappa shape index (κ3) is 3.83. The van der Waals surface area contributed by atoms with E-state index in [2.05, 4.69) is 5.09 Å². The lowest BCUT2D eigenvalue weighted by atomic mass is 10.3. The second kappa shape index (κ2) is 6.28. The van der Waals surface area contributed by atoms with Crippen LogP contribution in [0.4, 0.5) is 5.69 Å². The monoisotopic (exact) mass is 349 g/mol. The number of benzene rings is 2. The van der Waals surface area contributed by atoms with Crippen molar-refractivity contribution in [1.82, 2.24) is 0 Å². The smallest absolute Gasteiger partial charge is 0.338 e. The molecular formula is C13H11Cl3NO2P. The Hall–Kier alpha value is -0.860. The normalized spacial score (nSPS) is 13.6. The van der Waals surface area contributed by atoms with Gasteiger partial charge in [-0.3, -0.25) is 4.57 Å². The number of anilines is 1. The summed E-state index contributed by atoms with van der Waals surface area (Å²) in [6.07, 6.45) is 0. The predicted octanol–water partition coefficient (Wildman–Crippen LogP) is 5.96. The molecule has 2 aromatic carbocycles. The first kappa shape index (κ1) is 15.5. The van der Waals surface area contributed by atoms with Crippen molar-refractivity contribution in [3.8, 4) is 5.75 Å². The maximum absolute atomic E-state index is 12.5. The van der Waals surface area contributed by atoms with Gasteiger partial charge in [0.1, 0.15) is 10.8 Å². The van der Waals surface area contributed by atoms with E-state index in [-0.39, 0.29) is 10.8 Å². The fourth-order valence-corrected chi connectivity index (χ4v) is 3.37. The summed E-state index contributed by atoms with van der Waals surface area (Å²) in [5, 5.41) is 3.79. The highest BCUT2D eigenvalue weighted by atomic mass is 35.5. The molecule has 0 fully saturated rings. The van der Waals surface area contributed by atoms with Crippen molar-refractivity contribution in [2.75, 3.05) is 11.8 Å². The van der Waals surface area contributed by atoms with Gasteiger partial charge in [-0.05, 0) is 24.3 Å². The van der Waals surface area contributed by atoms with Crippen molar-refractivity contribution < 1.29 is 9.09 Å². The van der Waals surface area contributed by atoms with E-state index in [0.29, 0.717) is 15.7 Å². The molecule has 0 radical (unpaired) electrons. The molecule has 0 heterocycles. The Labute approximate surface area is 132 Å². The van der Waals surface area contributed by atoms with Gasteiger partial charge >= 0.3 is 7.52 Å². The quantitative estimate of drug-likeness (QED) is 0.691. The second-order valence-electron chi connectivity index (χ2n) is 4.08. The summed E-state index contributed by atoms with van der Waals surface area (Å²) < 4.78 is 17.9. The van der Waals surface area contributed by atoms with Crippen molar-refractivity contribution in [2.45, 2.75) is 0 Å². The molecule has 7 heteroatoms. The molecule has 0 aromatic heterocycles. The minimum Gasteiger partial charge on any atom is -0.427 e. The van der Waals surface area contributed by atoms with Crippen LogP contribution < -0.4 is 9.61 Å². The highest BCUT2D eigenvalue weighted by Crippen LogP contribution is 2.47. The van der Waals surface area contributed by atoms with Crippen LogP contribution in [0.15, 0.2) is 42.5 Å². The molecule has 0 bridgehead atoms. The largest absolute Gasteiger partial charge is 0.427 e. The summed E-state index contributed by atoms with van der Waals surface area (Å²) in [5.41, 5.74) is 0.526. The lowest BCUT2D eigenvalue weighted by Crippen LogP contribution is -2.03. The Morgan fingerprint density at radius 2 is 1.65 bits per heavy atom. The number of hydrogen-bond acceptors (Lipinski definition) is 2. The molecule has 20 heavy (non-hydrogen) atoms. The molecule has 1 atom stereocenters. The van der Waals surface area contributed by atoms with Gasteiger partial charge in [0.15, 0.2) is 0 Å². The first-order chi connectivity index (χ1) is 9.39. The minimum absolute atomic E-state index is 0.220. The molecule has 2 aromatic rings. The van der Waals surface area contributed by atoms with Crippen molar-refractivity contribution in [3.63, 3.8) is 0 Å². The summed E-state index contributed by atoms with van der Waals surface area (Å²) in [6.45, 7) is 1.44. The second-order valence-corrected chi connectivity index (χ2v) is 7.37. The molecule has 0 aliphatic carbocycles. The van der Waals surface area contributed by atoms with Crippen LogP contribution >= 0.6 is 42.3 Å². The third-order valence-electron chi connectivity index (χ3n) is 2.39.